The summed E-state index contributed by atoms with van der Waals surface area (Å²) in [6.07, 6.45) is 1.28. The zero-order valence-corrected chi connectivity index (χ0v) is 18.5. The summed E-state index contributed by atoms with van der Waals surface area (Å²) in [6.45, 7) is 17.2. The molecule has 0 aliphatic carbocycles. The third kappa shape index (κ3) is 4.62. The van der Waals surface area contributed by atoms with Crippen molar-refractivity contribution in [2.24, 2.45) is 0 Å². The molecule has 2 heterocycles. The van der Waals surface area contributed by atoms with Gasteiger partial charge in [0.2, 0.25) is 0 Å². The number of rotatable bonds is 9. The summed E-state index contributed by atoms with van der Waals surface area (Å²) in [5.74, 6) is 0. The maximum Gasteiger partial charge on any atom is 0.131 e. The molecule has 0 unspecified atom stereocenters. The summed E-state index contributed by atoms with van der Waals surface area (Å²) in [5.41, 5.74) is 0. The van der Waals surface area contributed by atoms with Crippen LogP contribution in [-0.2, 0) is 4.74 Å². The van der Waals surface area contributed by atoms with Crippen LogP contribution in [0.5, 0.6) is 0 Å². The molecule has 0 aromatic carbocycles. The normalized spacial score (nSPS) is 17.4. The van der Waals surface area contributed by atoms with Gasteiger partial charge in [-0.3, -0.25) is 4.90 Å². The maximum absolute atomic E-state index is 6.52. The van der Waals surface area contributed by atoms with Gasteiger partial charge in [-0.25, -0.2) is 0 Å². The lowest BCUT2D eigenvalue weighted by atomic mass is 10.3. The Hall–Kier alpha value is -0.366. The third-order valence-electron chi connectivity index (χ3n) is 6.21. The van der Waals surface area contributed by atoms with E-state index in [1.54, 1.807) is 0 Å². The lowest BCUT2D eigenvalue weighted by Crippen LogP contribution is -2.47. The first-order valence-corrected chi connectivity index (χ1v) is 15.7. The second-order valence-corrected chi connectivity index (χ2v) is 17.9. The van der Waals surface area contributed by atoms with Crippen LogP contribution in [0.15, 0.2) is 16.5 Å². The molecular formula is C19H37NO2Si2. The molecule has 0 saturated carbocycles. The van der Waals surface area contributed by atoms with E-state index in [1.807, 2.05) is 0 Å². The molecule has 0 N–H and O–H groups in total. The molecule has 1 fully saturated rings. The van der Waals surface area contributed by atoms with Gasteiger partial charge in [-0.15, -0.1) is 0 Å². The molecule has 24 heavy (non-hydrogen) atoms. The van der Waals surface area contributed by atoms with E-state index < -0.39 is 16.1 Å². The van der Waals surface area contributed by atoms with Gasteiger partial charge in [0.1, 0.15) is 16.1 Å². The summed E-state index contributed by atoms with van der Waals surface area (Å²) in [6, 6.07) is 9.86. The van der Waals surface area contributed by atoms with Crippen LogP contribution in [0.25, 0.3) is 0 Å². The Labute approximate surface area is 150 Å². The fourth-order valence-corrected chi connectivity index (χ4v) is 9.57. The zero-order chi connectivity index (χ0) is 17.6. The van der Waals surface area contributed by atoms with E-state index in [-0.39, 0.29) is 0 Å². The van der Waals surface area contributed by atoms with Crippen LogP contribution >= 0.6 is 0 Å². The van der Waals surface area contributed by atoms with Crippen LogP contribution in [0.4, 0.5) is 0 Å². The van der Waals surface area contributed by atoms with Crippen LogP contribution in [0, 0.1) is 0 Å². The molecule has 1 aromatic rings. The van der Waals surface area contributed by atoms with Gasteiger partial charge in [-0.1, -0.05) is 52.0 Å². The molecule has 138 valence electrons. The molecule has 0 amide bonds. The zero-order valence-electron chi connectivity index (χ0n) is 16.5. The van der Waals surface area contributed by atoms with Crippen molar-refractivity contribution in [3.05, 3.63) is 12.1 Å². The van der Waals surface area contributed by atoms with Crippen molar-refractivity contribution in [3.8, 4) is 0 Å². The van der Waals surface area contributed by atoms with Gasteiger partial charge < -0.3 is 9.15 Å². The van der Waals surface area contributed by atoms with E-state index >= 15 is 0 Å². The van der Waals surface area contributed by atoms with Crippen molar-refractivity contribution in [2.75, 3.05) is 32.8 Å². The summed E-state index contributed by atoms with van der Waals surface area (Å²) >= 11 is 0. The summed E-state index contributed by atoms with van der Waals surface area (Å²) in [5, 5.41) is 2.69. The van der Waals surface area contributed by atoms with Crippen LogP contribution in [0.1, 0.15) is 27.2 Å². The van der Waals surface area contributed by atoms with E-state index in [0.29, 0.717) is 0 Å². The van der Waals surface area contributed by atoms with Crippen LogP contribution in [-0.4, -0.2) is 53.9 Å². The summed E-state index contributed by atoms with van der Waals surface area (Å²) < 4.78 is 12.0. The van der Waals surface area contributed by atoms with E-state index in [2.05, 4.69) is 50.9 Å². The van der Waals surface area contributed by atoms with Crippen LogP contribution in [0.3, 0.4) is 0 Å². The fourth-order valence-electron chi connectivity index (χ4n) is 3.95. The van der Waals surface area contributed by atoms with Gasteiger partial charge in [0.05, 0.1) is 24.0 Å². The molecule has 0 radical (unpaired) electrons. The smallest absolute Gasteiger partial charge is 0.131 e. The van der Waals surface area contributed by atoms with Crippen molar-refractivity contribution in [2.45, 2.75) is 64.5 Å². The highest BCUT2D eigenvalue weighted by atomic mass is 28.3. The number of furan rings is 1. The first kappa shape index (κ1) is 20.0. The minimum Gasteiger partial charge on any atom is -0.476 e. The number of hydrogen-bond acceptors (Lipinski definition) is 3. The van der Waals surface area contributed by atoms with Crippen molar-refractivity contribution in [1.82, 2.24) is 4.90 Å². The number of nitrogens with zero attached hydrogens (tertiary/aromatic N) is 1. The largest absolute Gasteiger partial charge is 0.476 e. The summed E-state index contributed by atoms with van der Waals surface area (Å²) in [7, 11) is -2.84. The summed E-state index contributed by atoms with van der Waals surface area (Å²) in [4.78, 5) is 2.55. The molecule has 2 rings (SSSR count). The Balaban J connectivity index is 1.96. The van der Waals surface area contributed by atoms with Gasteiger partial charge >= 0.3 is 0 Å². The maximum atomic E-state index is 6.52. The lowest BCUT2D eigenvalue weighted by molar-refractivity contribution is 0.0379. The Morgan fingerprint density at radius 1 is 0.958 bits per heavy atom. The average molecular weight is 368 g/mol. The Bertz CT molecular complexity index is 483. The number of hydrogen-bond donors (Lipinski definition) is 0. The highest BCUT2D eigenvalue weighted by Crippen LogP contribution is 2.21. The molecule has 1 saturated heterocycles. The SMILES string of the molecule is CC[Si](CC)(CC)c1ccc([Si](C)(C)CCCN2CCOCC2)o1. The van der Waals surface area contributed by atoms with E-state index in [0.717, 1.165) is 26.3 Å². The molecule has 0 atom stereocenters. The first-order valence-electron chi connectivity index (χ1n) is 9.88. The number of ether oxygens (including phenoxy) is 1. The predicted molar refractivity (Wildman–Crippen MR) is 109 cm³/mol. The van der Waals surface area contributed by atoms with Gasteiger partial charge in [0.15, 0.2) is 0 Å². The fraction of sp³-hybridized carbons (Fsp3) is 0.789. The Morgan fingerprint density at radius 2 is 1.54 bits per heavy atom. The van der Waals surface area contributed by atoms with Gasteiger partial charge in [-0.2, -0.15) is 0 Å². The van der Waals surface area contributed by atoms with Gasteiger partial charge in [-0.05, 0) is 31.1 Å². The monoisotopic (exact) mass is 367 g/mol. The molecule has 5 heteroatoms. The molecule has 1 aliphatic heterocycles. The second-order valence-electron chi connectivity index (χ2n) is 7.95. The minimum absolute atomic E-state index is 0.903. The van der Waals surface area contributed by atoms with Crippen molar-refractivity contribution in [1.29, 1.82) is 0 Å². The molecule has 0 bridgehead atoms. The van der Waals surface area contributed by atoms with Gasteiger partial charge in [0, 0.05) is 13.1 Å². The molecule has 0 spiro atoms. The molecule has 1 aliphatic rings. The average Bonchev–Trinajstić information content (AvgIpc) is 3.09. The lowest BCUT2D eigenvalue weighted by Gasteiger charge is -2.28. The first-order chi connectivity index (χ1) is 11.5. The Kier molecular flexibility index (Phi) is 7.34. The topological polar surface area (TPSA) is 25.6 Å². The quantitative estimate of drug-likeness (QED) is 0.623. The van der Waals surface area contributed by atoms with E-state index in [1.165, 1.54) is 47.9 Å². The highest BCUT2D eigenvalue weighted by molar-refractivity contribution is 6.92. The minimum atomic E-state index is -1.46. The van der Waals surface area contributed by atoms with Crippen LogP contribution in [0.2, 0.25) is 37.3 Å². The molecule has 3 nitrogen and oxygen atoms in total. The Morgan fingerprint density at radius 3 is 2.12 bits per heavy atom. The van der Waals surface area contributed by atoms with Crippen LogP contribution < -0.4 is 10.8 Å². The number of morpholine rings is 1. The van der Waals surface area contributed by atoms with Crippen molar-refractivity contribution in [3.63, 3.8) is 0 Å². The highest BCUT2D eigenvalue weighted by Gasteiger charge is 2.35. The molecular weight excluding hydrogens is 330 g/mol. The predicted octanol–water partition coefficient (Wildman–Crippen LogP) is 3.63. The third-order valence-corrected chi connectivity index (χ3v) is 14.8. The standard InChI is InChI=1S/C19H37NO2Si2/c1-6-24(7-2,8-3)19-11-10-18(22-19)23(4,5)17-9-12-20-13-15-21-16-14-20/h10-11H,6-9,12-17H2,1-5H3. The van der Waals surface area contributed by atoms with Crippen molar-refractivity contribution >= 4 is 26.9 Å². The second kappa shape index (κ2) is 8.83. The van der Waals surface area contributed by atoms with Crippen molar-refractivity contribution < 1.29 is 9.15 Å². The molecule has 1 aromatic heterocycles. The van der Waals surface area contributed by atoms with Gasteiger partial charge in [0.25, 0.3) is 0 Å². The van der Waals surface area contributed by atoms with E-state index in [9.17, 15) is 0 Å². The van der Waals surface area contributed by atoms with E-state index in [4.69, 9.17) is 9.15 Å².